The van der Waals surface area contributed by atoms with Gasteiger partial charge in [-0.15, -0.1) is 0 Å². The molecule has 170 valence electrons. The van der Waals surface area contributed by atoms with Gasteiger partial charge in [0.05, 0.1) is 28.3 Å². The number of ether oxygens (including phenoxy) is 1. The van der Waals surface area contributed by atoms with Gasteiger partial charge in [0.1, 0.15) is 0 Å². The Bertz CT molecular complexity index is 1200. The van der Waals surface area contributed by atoms with Gasteiger partial charge in [-0.2, -0.15) is 4.31 Å². The van der Waals surface area contributed by atoms with Gasteiger partial charge < -0.3 is 15.0 Å². The lowest BCUT2D eigenvalue weighted by Crippen LogP contribution is -2.36. The van der Waals surface area contributed by atoms with Gasteiger partial charge in [-0.05, 0) is 42.5 Å². The zero-order chi connectivity index (χ0) is 22.7. The fourth-order valence-electron chi connectivity index (χ4n) is 3.57. The monoisotopic (exact) mass is 474 g/mol. The molecule has 1 saturated heterocycles. The van der Waals surface area contributed by atoms with E-state index in [4.69, 9.17) is 9.72 Å². The van der Waals surface area contributed by atoms with Gasteiger partial charge in [0.2, 0.25) is 10.0 Å². The third kappa shape index (κ3) is 4.63. The van der Waals surface area contributed by atoms with Crippen LogP contribution >= 0.6 is 11.3 Å². The van der Waals surface area contributed by atoms with Crippen molar-refractivity contribution < 1.29 is 17.9 Å². The number of rotatable bonds is 7. The molecule has 1 aliphatic rings. The SMILES string of the molecule is CCN(CC)S(=O)(=O)c1ccc(C(=O)Nc2ccc3nc(N4CCOCC4)sc3c2)cc1. The number of nitrogens with zero attached hydrogens (tertiary/aromatic N) is 3. The number of carbonyl (C=O) groups is 1. The molecule has 3 aromatic rings. The minimum atomic E-state index is -3.55. The van der Waals surface area contributed by atoms with Crippen LogP contribution in [-0.2, 0) is 14.8 Å². The van der Waals surface area contributed by atoms with Crippen LogP contribution in [0.1, 0.15) is 24.2 Å². The van der Waals surface area contributed by atoms with Gasteiger partial charge in [-0.1, -0.05) is 25.2 Å². The van der Waals surface area contributed by atoms with Crippen molar-refractivity contribution in [1.82, 2.24) is 9.29 Å². The molecule has 32 heavy (non-hydrogen) atoms. The van der Waals surface area contributed by atoms with E-state index in [2.05, 4.69) is 10.2 Å². The Kier molecular flexibility index (Phi) is 6.75. The predicted molar refractivity (Wildman–Crippen MR) is 127 cm³/mol. The fraction of sp³-hybridized carbons (Fsp3) is 0.364. The predicted octanol–water partition coefficient (Wildman–Crippen LogP) is 3.42. The highest BCUT2D eigenvalue weighted by atomic mass is 32.2. The Balaban J connectivity index is 1.48. The number of sulfonamides is 1. The minimum absolute atomic E-state index is 0.180. The summed E-state index contributed by atoms with van der Waals surface area (Å²) in [6.45, 7) is 7.44. The number of nitrogens with one attached hydrogen (secondary N) is 1. The van der Waals surface area contributed by atoms with Crippen molar-refractivity contribution in [3.8, 4) is 0 Å². The van der Waals surface area contributed by atoms with E-state index in [-0.39, 0.29) is 10.8 Å². The summed E-state index contributed by atoms with van der Waals surface area (Å²) in [4.78, 5) is 19.8. The molecule has 1 aliphatic heterocycles. The normalized spacial score (nSPS) is 14.8. The largest absolute Gasteiger partial charge is 0.378 e. The fourth-order valence-corrected chi connectivity index (χ4v) is 6.09. The second-order valence-corrected chi connectivity index (χ2v) is 10.3. The van der Waals surface area contributed by atoms with Gasteiger partial charge in [-0.25, -0.2) is 13.4 Å². The Hall–Kier alpha value is -2.53. The van der Waals surface area contributed by atoms with Crippen LogP contribution in [-0.4, -0.2) is 63.0 Å². The van der Waals surface area contributed by atoms with E-state index in [1.165, 1.54) is 28.6 Å². The van der Waals surface area contributed by atoms with Crippen molar-refractivity contribution in [3.05, 3.63) is 48.0 Å². The molecule has 0 atom stereocenters. The zero-order valence-electron chi connectivity index (χ0n) is 18.1. The van der Waals surface area contributed by atoms with Crippen molar-refractivity contribution in [2.75, 3.05) is 49.6 Å². The molecule has 10 heteroatoms. The van der Waals surface area contributed by atoms with Crippen LogP contribution in [0.25, 0.3) is 10.2 Å². The Morgan fingerprint density at radius 1 is 1.12 bits per heavy atom. The number of thiazole rings is 1. The third-order valence-corrected chi connectivity index (χ3v) is 8.52. The first kappa shape index (κ1) is 22.7. The summed E-state index contributed by atoms with van der Waals surface area (Å²) in [5, 5.41) is 3.84. The Morgan fingerprint density at radius 3 is 2.47 bits per heavy atom. The van der Waals surface area contributed by atoms with Crippen LogP contribution in [0.4, 0.5) is 10.8 Å². The summed E-state index contributed by atoms with van der Waals surface area (Å²) in [6.07, 6.45) is 0. The molecule has 0 unspecified atom stereocenters. The summed E-state index contributed by atoms with van der Waals surface area (Å²) in [7, 11) is -3.55. The average Bonchev–Trinajstić information content (AvgIpc) is 3.24. The number of aromatic nitrogens is 1. The van der Waals surface area contributed by atoms with Gasteiger partial charge in [0, 0.05) is 37.4 Å². The second kappa shape index (κ2) is 9.53. The second-order valence-electron chi connectivity index (χ2n) is 7.35. The highest BCUT2D eigenvalue weighted by molar-refractivity contribution is 7.89. The lowest BCUT2D eigenvalue weighted by Gasteiger charge is -2.25. The summed E-state index contributed by atoms with van der Waals surface area (Å²) in [6, 6.07) is 11.6. The molecule has 1 N–H and O–H groups in total. The summed E-state index contributed by atoms with van der Waals surface area (Å²) < 4.78 is 33.0. The van der Waals surface area contributed by atoms with Gasteiger partial charge in [0.25, 0.3) is 5.91 Å². The molecule has 1 fully saturated rings. The highest BCUT2D eigenvalue weighted by Crippen LogP contribution is 2.31. The maximum absolute atomic E-state index is 12.7. The number of fused-ring (bicyclic) bond motifs is 1. The number of morpholine rings is 1. The maximum Gasteiger partial charge on any atom is 0.255 e. The topological polar surface area (TPSA) is 91.8 Å². The number of anilines is 2. The van der Waals surface area contributed by atoms with Crippen LogP contribution in [0, 0.1) is 0 Å². The van der Waals surface area contributed by atoms with Crippen molar-refractivity contribution in [2.45, 2.75) is 18.7 Å². The summed E-state index contributed by atoms with van der Waals surface area (Å²) in [5.41, 5.74) is 1.95. The molecule has 1 amide bonds. The Morgan fingerprint density at radius 2 is 1.81 bits per heavy atom. The van der Waals surface area contributed by atoms with E-state index >= 15 is 0 Å². The number of hydrogen-bond acceptors (Lipinski definition) is 7. The molecule has 0 bridgehead atoms. The number of benzene rings is 2. The van der Waals surface area contributed by atoms with E-state index in [1.807, 2.05) is 18.2 Å². The molecule has 0 spiro atoms. The van der Waals surface area contributed by atoms with Crippen molar-refractivity contribution in [1.29, 1.82) is 0 Å². The van der Waals surface area contributed by atoms with Crippen LogP contribution in [0.15, 0.2) is 47.4 Å². The number of amides is 1. The average molecular weight is 475 g/mol. The van der Waals surface area contributed by atoms with Crippen molar-refractivity contribution in [2.24, 2.45) is 0 Å². The lowest BCUT2D eigenvalue weighted by molar-refractivity contribution is 0.102. The molecule has 2 heterocycles. The van der Waals surface area contributed by atoms with Crippen molar-refractivity contribution in [3.63, 3.8) is 0 Å². The van der Waals surface area contributed by atoms with E-state index < -0.39 is 10.0 Å². The van der Waals surface area contributed by atoms with E-state index in [1.54, 1.807) is 25.2 Å². The Labute approximate surface area is 191 Å². The molecule has 8 nitrogen and oxygen atoms in total. The van der Waals surface area contributed by atoms with Crippen LogP contribution in [0.2, 0.25) is 0 Å². The standard InChI is InChI=1S/C22H26N4O4S2/c1-3-26(4-2)32(28,29)18-8-5-16(6-9-18)21(27)23-17-7-10-19-20(15-17)31-22(24-19)25-11-13-30-14-12-25/h5-10,15H,3-4,11-14H2,1-2H3,(H,23,27). The third-order valence-electron chi connectivity index (χ3n) is 5.38. The first-order valence-electron chi connectivity index (χ1n) is 10.6. The molecule has 0 saturated carbocycles. The lowest BCUT2D eigenvalue weighted by atomic mass is 10.2. The molecular weight excluding hydrogens is 448 g/mol. The van der Waals surface area contributed by atoms with E-state index in [0.717, 1.165) is 28.4 Å². The molecule has 0 aliphatic carbocycles. The van der Waals surface area contributed by atoms with E-state index in [9.17, 15) is 13.2 Å². The first-order valence-corrected chi connectivity index (χ1v) is 12.8. The summed E-state index contributed by atoms with van der Waals surface area (Å²) >= 11 is 1.59. The first-order chi connectivity index (χ1) is 15.4. The van der Waals surface area contributed by atoms with Crippen molar-refractivity contribution >= 4 is 48.3 Å². The molecule has 1 aromatic heterocycles. The molecular formula is C22H26N4O4S2. The number of carbonyl (C=O) groups excluding carboxylic acids is 1. The number of hydrogen-bond donors (Lipinski definition) is 1. The van der Waals surface area contributed by atoms with Gasteiger partial charge in [0.15, 0.2) is 5.13 Å². The quantitative estimate of drug-likeness (QED) is 0.564. The molecule has 2 aromatic carbocycles. The van der Waals surface area contributed by atoms with Crippen LogP contribution in [0.3, 0.4) is 0 Å². The molecule has 0 radical (unpaired) electrons. The maximum atomic E-state index is 12.7. The van der Waals surface area contributed by atoms with Gasteiger partial charge in [-0.3, -0.25) is 4.79 Å². The van der Waals surface area contributed by atoms with Crippen LogP contribution < -0.4 is 10.2 Å². The van der Waals surface area contributed by atoms with Crippen LogP contribution in [0.5, 0.6) is 0 Å². The van der Waals surface area contributed by atoms with Gasteiger partial charge >= 0.3 is 0 Å². The minimum Gasteiger partial charge on any atom is -0.378 e. The smallest absolute Gasteiger partial charge is 0.255 e. The molecule has 4 rings (SSSR count). The van der Waals surface area contributed by atoms with E-state index in [0.29, 0.717) is 37.6 Å². The zero-order valence-corrected chi connectivity index (χ0v) is 19.7. The summed E-state index contributed by atoms with van der Waals surface area (Å²) in [5.74, 6) is -0.297. The highest BCUT2D eigenvalue weighted by Gasteiger charge is 2.22.